The van der Waals surface area contributed by atoms with Gasteiger partial charge in [0, 0.05) is 49.4 Å². The summed E-state index contributed by atoms with van der Waals surface area (Å²) < 4.78 is 5.06. The van der Waals surface area contributed by atoms with E-state index in [1.807, 2.05) is 30.3 Å². The topological polar surface area (TPSA) is 71.5 Å². The maximum Gasteiger partial charge on any atom is 0.253 e. The molecule has 130 valence electrons. The van der Waals surface area contributed by atoms with Gasteiger partial charge in [0.15, 0.2) is 0 Å². The molecule has 0 bridgehead atoms. The highest BCUT2D eigenvalue weighted by Crippen LogP contribution is 2.22. The molecule has 0 spiro atoms. The van der Waals surface area contributed by atoms with Crippen LogP contribution in [0.4, 0.5) is 0 Å². The van der Waals surface area contributed by atoms with Crippen molar-refractivity contribution in [1.82, 2.24) is 15.2 Å². The van der Waals surface area contributed by atoms with Crippen LogP contribution in [0.5, 0.6) is 5.88 Å². The molecular weight excluding hydrogens is 318 g/mol. The van der Waals surface area contributed by atoms with Gasteiger partial charge in [-0.1, -0.05) is 12.1 Å². The Kier molecular flexibility index (Phi) is 4.97. The van der Waals surface area contributed by atoms with Crippen LogP contribution in [-0.4, -0.2) is 47.9 Å². The molecule has 1 aliphatic heterocycles. The SMILES string of the molecule is COc1ccc(-c2ccc(C(=O)N3CCC(NC(C)=O)C3)cc2)cn1. The number of benzene rings is 1. The summed E-state index contributed by atoms with van der Waals surface area (Å²) in [5.41, 5.74) is 2.60. The molecule has 6 heteroatoms. The first kappa shape index (κ1) is 17.0. The van der Waals surface area contributed by atoms with Gasteiger partial charge in [-0.25, -0.2) is 4.98 Å². The van der Waals surface area contributed by atoms with Crippen molar-refractivity contribution < 1.29 is 14.3 Å². The van der Waals surface area contributed by atoms with E-state index in [0.717, 1.165) is 17.5 Å². The molecule has 1 fully saturated rings. The lowest BCUT2D eigenvalue weighted by Gasteiger charge is -2.17. The average molecular weight is 339 g/mol. The number of likely N-dealkylation sites (tertiary alicyclic amines) is 1. The standard InChI is InChI=1S/C19H21N3O3/c1-13(23)21-17-9-10-22(12-17)19(24)15-5-3-14(4-6-15)16-7-8-18(25-2)20-11-16/h3-8,11,17H,9-10,12H2,1-2H3,(H,21,23). The van der Waals surface area contributed by atoms with Crippen molar-refractivity contribution in [2.24, 2.45) is 0 Å². The third kappa shape index (κ3) is 3.96. The zero-order valence-electron chi connectivity index (χ0n) is 14.4. The Labute approximate surface area is 146 Å². The molecule has 2 aromatic rings. The van der Waals surface area contributed by atoms with Crippen molar-refractivity contribution in [1.29, 1.82) is 0 Å². The van der Waals surface area contributed by atoms with Crippen LogP contribution in [0.3, 0.4) is 0 Å². The number of aromatic nitrogens is 1. The van der Waals surface area contributed by atoms with Crippen molar-refractivity contribution in [2.75, 3.05) is 20.2 Å². The molecule has 0 radical (unpaired) electrons. The lowest BCUT2D eigenvalue weighted by Crippen LogP contribution is -2.37. The van der Waals surface area contributed by atoms with Gasteiger partial charge in [-0.3, -0.25) is 9.59 Å². The van der Waals surface area contributed by atoms with Crippen LogP contribution in [0, 0.1) is 0 Å². The van der Waals surface area contributed by atoms with E-state index in [1.54, 1.807) is 24.3 Å². The first-order valence-corrected chi connectivity index (χ1v) is 8.23. The van der Waals surface area contributed by atoms with Gasteiger partial charge in [0.2, 0.25) is 11.8 Å². The van der Waals surface area contributed by atoms with Crippen LogP contribution in [0.1, 0.15) is 23.7 Å². The number of amides is 2. The van der Waals surface area contributed by atoms with E-state index >= 15 is 0 Å². The highest BCUT2D eigenvalue weighted by atomic mass is 16.5. The number of nitrogens with one attached hydrogen (secondary N) is 1. The van der Waals surface area contributed by atoms with Gasteiger partial charge in [-0.2, -0.15) is 0 Å². The summed E-state index contributed by atoms with van der Waals surface area (Å²) in [6.07, 6.45) is 2.54. The van der Waals surface area contributed by atoms with Crippen LogP contribution in [0.15, 0.2) is 42.6 Å². The van der Waals surface area contributed by atoms with Gasteiger partial charge in [0.1, 0.15) is 0 Å². The lowest BCUT2D eigenvalue weighted by atomic mass is 10.1. The molecule has 3 rings (SSSR count). The van der Waals surface area contributed by atoms with E-state index in [-0.39, 0.29) is 17.9 Å². The molecule has 0 saturated carbocycles. The van der Waals surface area contributed by atoms with Crippen molar-refractivity contribution in [2.45, 2.75) is 19.4 Å². The van der Waals surface area contributed by atoms with E-state index in [0.29, 0.717) is 24.5 Å². The molecule has 1 unspecified atom stereocenters. The highest BCUT2D eigenvalue weighted by molar-refractivity contribution is 5.95. The number of carbonyl (C=O) groups excluding carboxylic acids is 2. The largest absolute Gasteiger partial charge is 0.481 e. The van der Waals surface area contributed by atoms with Crippen LogP contribution < -0.4 is 10.1 Å². The molecule has 25 heavy (non-hydrogen) atoms. The lowest BCUT2D eigenvalue weighted by molar-refractivity contribution is -0.119. The number of nitrogens with zero attached hydrogens (tertiary/aromatic N) is 2. The molecule has 6 nitrogen and oxygen atoms in total. The number of hydrogen-bond acceptors (Lipinski definition) is 4. The van der Waals surface area contributed by atoms with Gasteiger partial charge in [-0.15, -0.1) is 0 Å². The number of pyridine rings is 1. The summed E-state index contributed by atoms with van der Waals surface area (Å²) in [5.74, 6) is 0.502. The summed E-state index contributed by atoms with van der Waals surface area (Å²) in [6.45, 7) is 2.72. The molecule has 1 aromatic heterocycles. The predicted octanol–water partition coefficient (Wildman–Crippen LogP) is 2.11. The van der Waals surface area contributed by atoms with Crippen molar-refractivity contribution >= 4 is 11.8 Å². The Morgan fingerprint density at radius 3 is 2.48 bits per heavy atom. The van der Waals surface area contributed by atoms with Gasteiger partial charge in [-0.05, 0) is 30.2 Å². The van der Waals surface area contributed by atoms with E-state index in [1.165, 1.54) is 6.92 Å². The van der Waals surface area contributed by atoms with E-state index in [4.69, 9.17) is 4.74 Å². The molecule has 0 aliphatic carbocycles. The molecule has 1 aliphatic rings. The van der Waals surface area contributed by atoms with Gasteiger partial charge >= 0.3 is 0 Å². The minimum atomic E-state index is -0.0586. The number of carbonyl (C=O) groups is 2. The Balaban J connectivity index is 1.67. The Hall–Kier alpha value is -2.89. The monoisotopic (exact) mass is 339 g/mol. The van der Waals surface area contributed by atoms with Crippen molar-refractivity contribution in [3.8, 4) is 17.0 Å². The summed E-state index contributed by atoms with van der Waals surface area (Å²) in [7, 11) is 1.58. The fraction of sp³-hybridized carbons (Fsp3) is 0.316. The molecule has 1 saturated heterocycles. The first-order valence-electron chi connectivity index (χ1n) is 8.23. The number of hydrogen-bond donors (Lipinski definition) is 1. The molecule has 2 heterocycles. The second kappa shape index (κ2) is 7.34. The summed E-state index contributed by atoms with van der Waals surface area (Å²) in [4.78, 5) is 29.7. The van der Waals surface area contributed by atoms with Gasteiger partial charge in [0.05, 0.1) is 7.11 Å². The third-order valence-corrected chi connectivity index (χ3v) is 4.29. The Morgan fingerprint density at radius 2 is 1.88 bits per heavy atom. The first-order chi connectivity index (χ1) is 12.1. The fourth-order valence-corrected chi connectivity index (χ4v) is 3.01. The second-order valence-corrected chi connectivity index (χ2v) is 6.10. The number of ether oxygens (including phenoxy) is 1. The normalized spacial score (nSPS) is 16.6. The van der Waals surface area contributed by atoms with Crippen LogP contribution >= 0.6 is 0 Å². The van der Waals surface area contributed by atoms with E-state index in [2.05, 4.69) is 10.3 Å². The minimum absolute atomic E-state index is 0.00717. The minimum Gasteiger partial charge on any atom is -0.481 e. The quantitative estimate of drug-likeness (QED) is 0.926. The molecule has 1 N–H and O–H groups in total. The van der Waals surface area contributed by atoms with Gasteiger partial charge < -0.3 is 15.0 Å². The third-order valence-electron chi connectivity index (χ3n) is 4.29. The summed E-state index contributed by atoms with van der Waals surface area (Å²) >= 11 is 0. The van der Waals surface area contributed by atoms with Gasteiger partial charge in [0.25, 0.3) is 5.91 Å². The Morgan fingerprint density at radius 1 is 1.16 bits per heavy atom. The van der Waals surface area contributed by atoms with Crippen molar-refractivity contribution in [3.05, 3.63) is 48.2 Å². The second-order valence-electron chi connectivity index (χ2n) is 6.10. The average Bonchev–Trinajstić information content (AvgIpc) is 3.09. The molecular formula is C19H21N3O3. The van der Waals surface area contributed by atoms with E-state index in [9.17, 15) is 9.59 Å². The number of methoxy groups -OCH3 is 1. The molecule has 1 aromatic carbocycles. The van der Waals surface area contributed by atoms with Crippen LogP contribution in [-0.2, 0) is 4.79 Å². The maximum atomic E-state index is 12.6. The predicted molar refractivity (Wildman–Crippen MR) is 94.4 cm³/mol. The van der Waals surface area contributed by atoms with Crippen LogP contribution in [0.25, 0.3) is 11.1 Å². The zero-order chi connectivity index (χ0) is 17.8. The fourth-order valence-electron chi connectivity index (χ4n) is 3.01. The maximum absolute atomic E-state index is 12.6. The molecule has 2 amide bonds. The van der Waals surface area contributed by atoms with E-state index < -0.39 is 0 Å². The summed E-state index contributed by atoms with van der Waals surface area (Å²) in [6, 6.07) is 11.3. The zero-order valence-corrected chi connectivity index (χ0v) is 14.4. The molecule has 1 atom stereocenters. The highest BCUT2D eigenvalue weighted by Gasteiger charge is 2.27. The van der Waals surface area contributed by atoms with Crippen molar-refractivity contribution in [3.63, 3.8) is 0 Å². The Bertz CT molecular complexity index is 756. The summed E-state index contributed by atoms with van der Waals surface area (Å²) in [5, 5.41) is 2.87. The van der Waals surface area contributed by atoms with Crippen LogP contribution in [0.2, 0.25) is 0 Å². The smallest absolute Gasteiger partial charge is 0.253 e. The number of rotatable bonds is 4.